The average Bonchev–Trinajstić information content (AvgIpc) is 3.19. The van der Waals surface area contributed by atoms with Crippen molar-refractivity contribution in [3.63, 3.8) is 0 Å². The molecule has 0 atom stereocenters. The van der Waals surface area contributed by atoms with Crippen molar-refractivity contribution in [1.82, 2.24) is 0 Å². The lowest BCUT2D eigenvalue weighted by atomic mass is 10.2. The lowest BCUT2D eigenvalue weighted by Gasteiger charge is -1.97. The maximum Gasteiger partial charge on any atom is 0.0602 e. The summed E-state index contributed by atoms with van der Waals surface area (Å²) in [5.74, 6) is 0. The molecule has 0 aliphatic rings. The predicted octanol–water partition coefficient (Wildman–Crippen LogP) is 8.34. The van der Waals surface area contributed by atoms with Gasteiger partial charge < -0.3 is 0 Å². The van der Waals surface area contributed by atoms with E-state index in [9.17, 15) is 0 Å². The Labute approximate surface area is 166 Å². The molecule has 4 aromatic rings. The number of thiophene rings is 2. The zero-order valence-corrected chi connectivity index (χ0v) is 17.3. The van der Waals surface area contributed by atoms with Gasteiger partial charge in [0.15, 0.2) is 0 Å². The van der Waals surface area contributed by atoms with Crippen molar-refractivity contribution >= 4 is 54.5 Å². The lowest BCUT2D eigenvalue weighted by Crippen LogP contribution is -1.67. The number of benzene rings is 2. The van der Waals surface area contributed by atoms with Gasteiger partial charge in [-0.15, -0.1) is 22.7 Å². The first-order chi connectivity index (χ1) is 11.7. The summed E-state index contributed by atoms with van der Waals surface area (Å²) in [6.45, 7) is 0. The minimum Gasteiger partial charge on any atom is -0.133 e. The average molecular weight is 476 g/mol. The fourth-order valence-electron chi connectivity index (χ4n) is 2.54. The van der Waals surface area contributed by atoms with Gasteiger partial charge in [0.1, 0.15) is 0 Å². The van der Waals surface area contributed by atoms with Gasteiger partial charge in [0.25, 0.3) is 0 Å². The van der Waals surface area contributed by atoms with Crippen LogP contribution in [-0.2, 0) is 0 Å². The van der Waals surface area contributed by atoms with Crippen LogP contribution < -0.4 is 0 Å². The minimum atomic E-state index is 1.15. The Hall–Kier alpha value is -1.20. The fourth-order valence-corrected chi connectivity index (χ4v) is 6.71. The Morgan fingerprint density at radius 1 is 0.542 bits per heavy atom. The molecule has 0 amide bonds. The predicted molar refractivity (Wildman–Crippen MR) is 114 cm³/mol. The van der Waals surface area contributed by atoms with E-state index in [2.05, 4.69) is 105 Å². The summed E-state index contributed by atoms with van der Waals surface area (Å²) in [7, 11) is 0. The van der Waals surface area contributed by atoms with E-state index in [4.69, 9.17) is 0 Å². The molecular formula is C20H12Br2S2. The summed E-state index contributed by atoms with van der Waals surface area (Å²) in [5, 5.41) is 0. The van der Waals surface area contributed by atoms with Crippen molar-refractivity contribution in [1.29, 1.82) is 0 Å². The normalized spacial score (nSPS) is 10.9. The molecule has 0 saturated carbocycles. The maximum atomic E-state index is 3.75. The lowest BCUT2D eigenvalue weighted by molar-refractivity contribution is 1.69. The van der Waals surface area contributed by atoms with E-state index < -0.39 is 0 Å². The van der Waals surface area contributed by atoms with Crippen molar-refractivity contribution in [2.24, 2.45) is 0 Å². The summed E-state index contributed by atoms with van der Waals surface area (Å²) < 4.78 is 2.29. The van der Waals surface area contributed by atoms with Crippen LogP contribution in [0.3, 0.4) is 0 Å². The van der Waals surface area contributed by atoms with Gasteiger partial charge >= 0.3 is 0 Å². The van der Waals surface area contributed by atoms with Crippen LogP contribution in [0, 0.1) is 0 Å². The highest BCUT2D eigenvalue weighted by molar-refractivity contribution is 9.11. The molecule has 0 nitrogen and oxygen atoms in total. The summed E-state index contributed by atoms with van der Waals surface area (Å²) in [6, 6.07) is 25.5. The van der Waals surface area contributed by atoms with Crippen LogP contribution in [0.2, 0.25) is 0 Å². The maximum absolute atomic E-state index is 3.75. The molecule has 0 spiro atoms. The molecule has 0 radical (unpaired) electrons. The minimum absolute atomic E-state index is 1.15. The molecule has 4 rings (SSSR count). The first kappa shape index (κ1) is 16.3. The molecule has 0 N–H and O–H groups in total. The Bertz CT molecular complexity index is 888. The molecule has 0 unspecified atom stereocenters. The van der Waals surface area contributed by atoms with E-state index in [1.165, 1.54) is 30.6 Å². The van der Waals surface area contributed by atoms with Gasteiger partial charge in [-0.25, -0.2) is 0 Å². The quantitative estimate of drug-likeness (QED) is 0.279. The largest absolute Gasteiger partial charge is 0.133 e. The zero-order valence-electron chi connectivity index (χ0n) is 12.5. The topological polar surface area (TPSA) is 0 Å². The molecule has 0 saturated heterocycles. The van der Waals surface area contributed by atoms with Crippen LogP contribution in [0.5, 0.6) is 0 Å². The second kappa shape index (κ2) is 6.96. The van der Waals surface area contributed by atoms with Crippen LogP contribution in [0.15, 0.2) is 81.7 Å². The van der Waals surface area contributed by atoms with Crippen LogP contribution >= 0.6 is 54.5 Å². The highest BCUT2D eigenvalue weighted by atomic mass is 79.9. The standard InChI is InChI=1S/C20H12Br2S2/c21-15-11-17(13-7-3-1-4-8-13)23-19(15)20-16(22)12-18(24-20)14-9-5-2-6-10-14/h1-12H. The van der Waals surface area contributed by atoms with E-state index in [0.29, 0.717) is 0 Å². The molecule has 0 fully saturated rings. The van der Waals surface area contributed by atoms with E-state index in [1.54, 1.807) is 0 Å². The van der Waals surface area contributed by atoms with Gasteiger partial charge in [0, 0.05) is 18.7 Å². The van der Waals surface area contributed by atoms with Gasteiger partial charge in [-0.2, -0.15) is 0 Å². The number of hydrogen-bond donors (Lipinski definition) is 0. The smallest absolute Gasteiger partial charge is 0.0602 e. The second-order valence-corrected chi connectivity index (χ2v) is 9.12. The summed E-state index contributed by atoms with van der Waals surface area (Å²) in [6.07, 6.45) is 0. The van der Waals surface area contributed by atoms with Gasteiger partial charge in [0.05, 0.1) is 9.75 Å². The first-order valence-corrected chi connectivity index (χ1v) is 10.6. The third kappa shape index (κ3) is 3.16. The number of halogens is 2. The Morgan fingerprint density at radius 2 is 0.917 bits per heavy atom. The molecule has 4 heteroatoms. The van der Waals surface area contributed by atoms with Gasteiger partial charge in [-0.3, -0.25) is 0 Å². The third-order valence-corrected chi connectivity index (χ3v) is 8.00. The second-order valence-electron chi connectivity index (χ2n) is 5.31. The third-order valence-electron chi connectivity index (χ3n) is 3.70. The fraction of sp³-hybridized carbons (Fsp3) is 0. The first-order valence-electron chi connectivity index (χ1n) is 7.42. The molecule has 2 heterocycles. The molecule has 0 aliphatic heterocycles. The SMILES string of the molecule is Brc1cc(-c2ccccc2)sc1-c1sc(-c2ccccc2)cc1Br. The van der Waals surface area contributed by atoms with Crippen LogP contribution in [-0.4, -0.2) is 0 Å². The van der Waals surface area contributed by atoms with Crippen molar-refractivity contribution < 1.29 is 0 Å². The molecular weight excluding hydrogens is 464 g/mol. The Balaban J connectivity index is 1.78. The molecule has 0 aliphatic carbocycles. The van der Waals surface area contributed by atoms with Gasteiger partial charge in [-0.05, 0) is 55.1 Å². The Kier molecular flexibility index (Phi) is 4.72. The van der Waals surface area contributed by atoms with Crippen molar-refractivity contribution in [3.05, 3.63) is 81.7 Å². The molecule has 24 heavy (non-hydrogen) atoms. The molecule has 2 aromatic heterocycles. The van der Waals surface area contributed by atoms with E-state index >= 15 is 0 Å². The molecule has 118 valence electrons. The van der Waals surface area contributed by atoms with Crippen LogP contribution in [0.4, 0.5) is 0 Å². The van der Waals surface area contributed by atoms with Crippen molar-refractivity contribution in [3.8, 4) is 30.6 Å². The van der Waals surface area contributed by atoms with Crippen LogP contribution in [0.1, 0.15) is 0 Å². The Morgan fingerprint density at radius 3 is 1.29 bits per heavy atom. The summed E-state index contributed by atoms with van der Waals surface area (Å²) in [4.78, 5) is 5.10. The van der Waals surface area contributed by atoms with E-state index in [1.807, 2.05) is 22.7 Å². The molecule has 0 bridgehead atoms. The summed E-state index contributed by atoms with van der Waals surface area (Å²) >= 11 is 11.1. The number of rotatable bonds is 3. The molecule has 2 aromatic carbocycles. The van der Waals surface area contributed by atoms with Crippen LogP contribution in [0.25, 0.3) is 30.6 Å². The number of hydrogen-bond acceptors (Lipinski definition) is 2. The monoisotopic (exact) mass is 474 g/mol. The summed E-state index contributed by atoms with van der Waals surface area (Å²) in [5.41, 5.74) is 2.51. The van der Waals surface area contributed by atoms with Gasteiger partial charge in [-0.1, -0.05) is 60.7 Å². The zero-order chi connectivity index (χ0) is 16.5. The highest BCUT2D eigenvalue weighted by Crippen LogP contribution is 2.48. The van der Waals surface area contributed by atoms with Crippen molar-refractivity contribution in [2.75, 3.05) is 0 Å². The van der Waals surface area contributed by atoms with Crippen molar-refractivity contribution in [2.45, 2.75) is 0 Å². The van der Waals surface area contributed by atoms with Gasteiger partial charge in [0.2, 0.25) is 0 Å². The highest BCUT2D eigenvalue weighted by Gasteiger charge is 2.16. The van der Waals surface area contributed by atoms with E-state index in [0.717, 1.165) is 8.95 Å². The van der Waals surface area contributed by atoms with E-state index in [-0.39, 0.29) is 0 Å².